The number of hydrogen-bond donors (Lipinski definition) is 0. The topological polar surface area (TPSA) is 40.6 Å². The predicted octanol–water partition coefficient (Wildman–Crippen LogP) is 3.36. The molecule has 0 saturated carbocycles. The summed E-state index contributed by atoms with van der Waals surface area (Å²) in [4.78, 5) is 28.1. The minimum absolute atomic E-state index is 0.0409. The molecule has 0 N–H and O–H groups in total. The van der Waals surface area contributed by atoms with Crippen molar-refractivity contribution in [1.82, 2.24) is 4.90 Å². The molecule has 1 heterocycles. The molecule has 0 aliphatic carbocycles. The van der Waals surface area contributed by atoms with E-state index in [0.29, 0.717) is 24.2 Å². The molecule has 124 valence electrons. The average molecular weight is 326 g/mol. The zero-order valence-electron chi connectivity index (χ0n) is 13.5. The van der Waals surface area contributed by atoms with Gasteiger partial charge in [-0.2, -0.15) is 0 Å². The van der Waals surface area contributed by atoms with Crippen molar-refractivity contribution in [3.05, 3.63) is 65.5 Å². The lowest BCUT2D eigenvalue weighted by molar-refractivity contribution is -0.127. The van der Waals surface area contributed by atoms with Crippen molar-refractivity contribution in [2.75, 3.05) is 18.1 Å². The predicted molar refractivity (Wildman–Crippen MR) is 90.2 cm³/mol. The average Bonchev–Trinajstić information content (AvgIpc) is 2.98. The van der Waals surface area contributed by atoms with Crippen LogP contribution in [-0.2, 0) is 4.79 Å². The van der Waals surface area contributed by atoms with Gasteiger partial charge in [-0.05, 0) is 49.7 Å². The van der Waals surface area contributed by atoms with Gasteiger partial charge in [-0.15, -0.1) is 0 Å². The van der Waals surface area contributed by atoms with Crippen molar-refractivity contribution in [1.29, 1.82) is 0 Å². The van der Waals surface area contributed by atoms with E-state index in [9.17, 15) is 14.0 Å². The molecule has 0 spiro atoms. The maximum atomic E-state index is 13.2. The summed E-state index contributed by atoms with van der Waals surface area (Å²) < 4.78 is 13.2. The van der Waals surface area contributed by atoms with E-state index in [0.717, 1.165) is 12.0 Å². The van der Waals surface area contributed by atoms with Crippen LogP contribution in [0.15, 0.2) is 48.5 Å². The summed E-state index contributed by atoms with van der Waals surface area (Å²) in [6, 6.07) is 13.1. The monoisotopic (exact) mass is 326 g/mol. The van der Waals surface area contributed by atoms with Gasteiger partial charge in [0.2, 0.25) is 5.91 Å². The number of aryl methyl sites for hydroxylation is 1. The number of halogens is 1. The SMILES string of the molecule is Cc1cccc(C(=O)N(CN2CCCC2=O)c2ccc(F)cc2)c1. The van der Waals surface area contributed by atoms with Crippen molar-refractivity contribution < 1.29 is 14.0 Å². The molecule has 4 nitrogen and oxygen atoms in total. The molecule has 0 aromatic heterocycles. The number of likely N-dealkylation sites (tertiary alicyclic amines) is 1. The second-order valence-corrected chi connectivity index (χ2v) is 5.98. The van der Waals surface area contributed by atoms with E-state index in [1.807, 2.05) is 25.1 Å². The smallest absolute Gasteiger partial charge is 0.259 e. The number of hydrogen-bond acceptors (Lipinski definition) is 2. The van der Waals surface area contributed by atoms with Crippen molar-refractivity contribution >= 4 is 17.5 Å². The molecular weight excluding hydrogens is 307 g/mol. The van der Waals surface area contributed by atoms with Crippen molar-refractivity contribution in [2.24, 2.45) is 0 Å². The maximum absolute atomic E-state index is 13.2. The number of amides is 2. The Kier molecular flexibility index (Phi) is 4.60. The summed E-state index contributed by atoms with van der Waals surface area (Å²) in [5.41, 5.74) is 2.10. The summed E-state index contributed by atoms with van der Waals surface area (Å²) in [5, 5.41) is 0. The van der Waals surface area contributed by atoms with E-state index >= 15 is 0 Å². The van der Waals surface area contributed by atoms with Crippen LogP contribution in [0.4, 0.5) is 10.1 Å². The van der Waals surface area contributed by atoms with Crippen LogP contribution in [-0.4, -0.2) is 29.9 Å². The van der Waals surface area contributed by atoms with Crippen LogP contribution < -0.4 is 4.90 Å². The second kappa shape index (κ2) is 6.83. The fourth-order valence-electron chi connectivity index (χ4n) is 2.84. The Balaban J connectivity index is 1.92. The lowest BCUT2D eigenvalue weighted by Crippen LogP contribution is -2.42. The van der Waals surface area contributed by atoms with Gasteiger partial charge in [-0.1, -0.05) is 17.7 Å². The van der Waals surface area contributed by atoms with Gasteiger partial charge in [0.05, 0.1) is 0 Å². The molecule has 1 saturated heterocycles. The summed E-state index contributed by atoms with van der Waals surface area (Å²) in [5.74, 6) is -0.525. The van der Waals surface area contributed by atoms with E-state index in [2.05, 4.69) is 0 Å². The van der Waals surface area contributed by atoms with E-state index in [-0.39, 0.29) is 24.3 Å². The van der Waals surface area contributed by atoms with E-state index in [1.54, 1.807) is 23.1 Å². The van der Waals surface area contributed by atoms with Crippen LogP contribution in [0.3, 0.4) is 0 Å². The highest BCUT2D eigenvalue weighted by molar-refractivity contribution is 6.06. The van der Waals surface area contributed by atoms with Crippen LogP contribution in [0.2, 0.25) is 0 Å². The molecule has 5 heteroatoms. The van der Waals surface area contributed by atoms with Gasteiger partial charge in [-0.3, -0.25) is 14.5 Å². The van der Waals surface area contributed by atoms with Gasteiger partial charge >= 0.3 is 0 Å². The van der Waals surface area contributed by atoms with Gasteiger partial charge in [0.1, 0.15) is 12.5 Å². The molecule has 0 bridgehead atoms. The van der Waals surface area contributed by atoms with Gasteiger partial charge in [0, 0.05) is 24.2 Å². The van der Waals surface area contributed by atoms with Crippen LogP contribution in [0.5, 0.6) is 0 Å². The molecule has 0 radical (unpaired) electrons. The Hall–Kier alpha value is -2.69. The molecule has 3 rings (SSSR count). The number of rotatable bonds is 4. The molecular formula is C19H19FN2O2. The Bertz CT molecular complexity index is 758. The summed E-state index contributed by atoms with van der Waals surface area (Å²) >= 11 is 0. The van der Waals surface area contributed by atoms with Crippen LogP contribution in [0.1, 0.15) is 28.8 Å². The largest absolute Gasteiger partial charge is 0.324 e. The van der Waals surface area contributed by atoms with E-state index in [1.165, 1.54) is 17.0 Å². The Morgan fingerprint density at radius 1 is 1.21 bits per heavy atom. The first kappa shape index (κ1) is 16.2. The molecule has 0 unspecified atom stereocenters. The third-order valence-corrected chi connectivity index (χ3v) is 4.13. The summed E-state index contributed by atoms with van der Waals surface area (Å²) in [6.45, 7) is 2.73. The highest BCUT2D eigenvalue weighted by Crippen LogP contribution is 2.21. The van der Waals surface area contributed by atoms with E-state index < -0.39 is 0 Å². The van der Waals surface area contributed by atoms with Crippen molar-refractivity contribution in [2.45, 2.75) is 19.8 Å². The normalized spacial score (nSPS) is 14.1. The molecule has 1 aliphatic rings. The first-order chi connectivity index (χ1) is 11.5. The Labute approximate surface area is 140 Å². The van der Waals surface area contributed by atoms with Gasteiger partial charge in [-0.25, -0.2) is 4.39 Å². The first-order valence-electron chi connectivity index (χ1n) is 7.96. The third kappa shape index (κ3) is 3.45. The third-order valence-electron chi connectivity index (χ3n) is 4.13. The molecule has 2 amide bonds. The number of benzene rings is 2. The second-order valence-electron chi connectivity index (χ2n) is 5.98. The standard InChI is InChI=1S/C19H19FN2O2/c1-14-4-2-5-15(12-14)19(24)22(13-21-11-3-6-18(21)23)17-9-7-16(20)8-10-17/h2,4-5,7-10,12H,3,6,11,13H2,1H3. The maximum Gasteiger partial charge on any atom is 0.259 e. The molecule has 2 aromatic rings. The molecule has 0 atom stereocenters. The number of carbonyl (C=O) groups excluding carboxylic acids is 2. The number of carbonyl (C=O) groups is 2. The van der Waals surface area contributed by atoms with Crippen molar-refractivity contribution in [3.63, 3.8) is 0 Å². The minimum Gasteiger partial charge on any atom is -0.324 e. The van der Waals surface area contributed by atoms with Crippen LogP contribution in [0, 0.1) is 12.7 Å². The van der Waals surface area contributed by atoms with Crippen LogP contribution >= 0.6 is 0 Å². The highest BCUT2D eigenvalue weighted by Gasteiger charge is 2.26. The zero-order valence-corrected chi connectivity index (χ0v) is 13.5. The first-order valence-corrected chi connectivity index (χ1v) is 7.96. The quantitative estimate of drug-likeness (QED) is 0.864. The Morgan fingerprint density at radius 2 is 1.96 bits per heavy atom. The fourth-order valence-corrected chi connectivity index (χ4v) is 2.84. The summed E-state index contributed by atoms with van der Waals surface area (Å²) in [6.07, 6.45) is 1.31. The molecule has 24 heavy (non-hydrogen) atoms. The van der Waals surface area contributed by atoms with Gasteiger partial charge in [0.15, 0.2) is 0 Å². The van der Waals surface area contributed by atoms with Crippen LogP contribution in [0.25, 0.3) is 0 Å². The summed E-state index contributed by atoms with van der Waals surface area (Å²) in [7, 11) is 0. The molecule has 2 aromatic carbocycles. The lowest BCUT2D eigenvalue weighted by atomic mass is 10.1. The molecule has 1 aliphatic heterocycles. The zero-order chi connectivity index (χ0) is 17.1. The number of nitrogens with zero attached hydrogens (tertiary/aromatic N) is 2. The lowest BCUT2D eigenvalue weighted by Gasteiger charge is -2.28. The fraction of sp³-hybridized carbons (Fsp3) is 0.263. The van der Waals surface area contributed by atoms with Crippen molar-refractivity contribution in [3.8, 4) is 0 Å². The Morgan fingerprint density at radius 3 is 2.58 bits per heavy atom. The number of anilines is 1. The molecule has 1 fully saturated rings. The minimum atomic E-state index is -0.362. The van der Waals surface area contributed by atoms with Gasteiger partial charge in [0.25, 0.3) is 5.91 Å². The van der Waals surface area contributed by atoms with Gasteiger partial charge < -0.3 is 4.90 Å². The highest BCUT2D eigenvalue weighted by atomic mass is 19.1. The van der Waals surface area contributed by atoms with E-state index in [4.69, 9.17) is 0 Å².